The molecule has 0 saturated carbocycles. The summed E-state index contributed by atoms with van der Waals surface area (Å²) in [4.78, 5) is 11.1. The minimum atomic E-state index is -1.45. The van der Waals surface area contributed by atoms with Crippen LogP contribution in [0.4, 0.5) is 0 Å². The minimum Gasteiger partial charge on any atom is -0.394 e. The molecule has 1 rings (SSSR count). The van der Waals surface area contributed by atoms with Crippen molar-refractivity contribution in [2.45, 2.75) is 44.0 Å². The first-order valence-corrected chi connectivity index (χ1v) is 5.11. The van der Waals surface area contributed by atoms with E-state index < -0.39 is 37.3 Å². The zero-order valence-corrected chi connectivity index (χ0v) is 8.91. The van der Waals surface area contributed by atoms with Gasteiger partial charge in [-0.2, -0.15) is 0 Å². The van der Waals surface area contributed by atoms with Gasteiger partial charge in [0.05, 0.1) is 6.61 Å². The molecule has 1 saturated heterocycles. The van der Waals surface area contributed by atoms with E-state index >= 15 is 0 Å². The summed E-state index contributed by atoms with van der Waals surface area (Å²) in [5.41, 5.74) is 0. The molecule has 0 aromatic carbocycles. The van der Waals surface area contributed by atoms with Gasteiger partial charge in [0, 0.05) is 6.42 Å². The molecule has 1 aliphatic heterocycles. The standard InChI is InChI=1S/C9H17NO6/c1-2-5(12)10-6-8(14)7(13)4(3-11)16-9(6)15/h4,6-9,11,13-15H,2-3H2,1H3,(H,10,12)/t4-,6-,7+,8-,9?/m0/s1. The lowest BCUT2D eigenvalue weighted by Crippen LogP contribution is -2.64. The van der Waals surface area contributed by atoms with Gasteiger partial charge in [0.15, 0.2) is 6.29 Å². The van der Waals surface area contributed by atoms with Gasteiger partial charge in [-0.3, -0.25) is 4.79 Å². The van der Waals surface area contributed by atoms with Crippen LogP contribution in [0.5, 0.6) is 0 Å². The van der Waals surface area contributed by atoms with Crippen LogP contribution in [0.25, 0.3) is 0 Å². The van der Waals surface area contributed by atoms with Crippen LogP contribution in [0.15, 0.2) is 0 Å². The Labute approximate surface area is 92.7 Å². The Morgan fingerprint density at radius 1 is 1.31 bits per heavy atom. The summed E-state index contributed by atoms with van der Waals surface area (Å²) < 4.78 is 4.86. The molecule has 94 valence electrons. The Kier molecular flexibility index (Phi) is 4.63. The molecule has 1 unspecified atom stereocenters. The Balaban J connectivity index is 2.67. The van der Waals surface area contributed by atoms with Crippen molar-refractivity contribution in [3.63, 3.8) is 0 Å². The van der Waals surface area contributed by atoms with Crippen LogP contribution >= 0.6 is 0 Å². The summed E-state index contributed by atoms with van der Waals surface area (Å²) in [6.45, 7) is 1.09. The first-order valence-electron chi connectivity index (χ1n) is 5.11. The number of ether oxygens (including phenoxy) is 1. The van der Waals surface area contributed by atoms with Gasteiger partial charge in [0.2, 0.25) is 5.91 Å². The highest BCUT2D eigenvalue weighted by Gasteiger charge is 2.44. The molecule has 5 atom stereocenters. The van der Waals surface area contributed by atoms with Crippen LogP contribution in [0.2, 0.25) is 0 Å². The maximum Gasteiger partial charge on any atom is 0.220 e. The summed E-state index contributed by atoms with van der Waals surface area (Å²) in [5, 5.41) is 39.8. The van der Waals surface area contributed by atoms with E-state index in [4.69, 9.17) is 9.84 Å². The number of hydrogen-bond acceptors (Lipinski definition) is 6. The van der Waals surface area contributed by atoms with Gasteiger partial charge in [-0.05, 0) is 0 Å². The van der Waals surface area contributed by atoms with Crippen molar-refractivity contribution in [2.75, 3.05) is 6.61 Å². The van der Waals surface area contributed by atoms with E-state index in [0.717, 1.165) is 0 Å². The molecule has 7 nitrogen and oxygen atoms in total. The van der Waals surface area contributed by atoms with Gasteiger partial charge in [-0.15, -0.1) is 0 Å². The molecule has 0 aliphatic carbocycles. The van der Waals surface area contributed by atoms with Crippen LogP contribution in [0.1, 0.15) is 13.3 Å². The predicted molar refractivity (Wildman–Crippen MR) is 52.2 cm³/mol. The van der Waals surface area contributed by atoms with Crippen LogP contribution in [0, 0.1) is 0 Å². The van der Waals surface area contributed by atoms with E-state index in [2.05, 4.69) is 5.32 Å². The molecule has 1 amide bonds. The number of hydrogen-bond donors (Lipinski definition) is 5. The summed E-state index contributed by atoms with van der Waals surface area (Å²) in [7, 11) is 0. The van der Waals surface area contributed by atoms with Crippen molar-refractivity contribution >= 4 is 5.91 Å². The normalized spacial score (nSPS) is 39.4. The van der Waals surface area contributed by atoms with Crippen LogP contribution < -0.4 is 5.32 Å². The maximum atomic E-state index is 11.1. The lowest BCUT2D eigenvalue weighted by Gasteiger charge is -2.40. The van der Waals surface area contributed by atoms with Crippen molar-refractivity contribution in [3.05, 3.63) is 0 Å². The van der Waals surface area contributed by atoms with Gasteiger partial charge in [-0.1, -0.05) is 6.92 Å². The van der Waals surface area contributed by atoms with Gasteiger partial charge < -0.3 is 30.5 Å². The molecule has 1 aliphatic rings. The summed E-state index contributed by atoms with van der Waals surface area (Å²) in [6.07, 6.45) is -5.05. The van der Waals surface area contributed by atoms with Crippen molar-refractivity contribution in [1.82, 2.24) is 5.32 Å². The van der Waals surface area contributed by atoms with E-state index in [1.54, 1.807) is 6.92 Å². The average molecular weight is 235 g/mol. The summed E-state index contributed by atoms with van der Waals surface area (Å²) >= 11 is 0. The second kappa shape index (κ2) is 5.55. The third kappa shape index (κ3) is 2.69. The molecule has 0 bridgehead atoms. The maximum absolute atomic E-state index is 11.1. The number of carbonyl (C=O) groups excluding carboxylic acids is 1. The van der Waals surface area contributed by atoms with Crippen molar-refractivity contribution < 1.29 is 30.0 Å². The van der Waals surface area contributed by atoms with Crippen LogP contribution in [-0.2, 0) is 9.53 Å². The van der Waals surface area contributed by atoms with Crippen molar-refractivity contribution in [1.29, 1.82) is 0 Å². The molecular weight excluding hydrogens is 218 g/mol. The van der Waals surface area contributed by atoms with Gasteiger partial charge in [0.1, 0.15) is 24.4 Å². The van der Waals surface area contributed by atoms with Gasteiger partial charge in [0.25, 0.3) is 0 Å². The van der Waals surface area contributed by atoms with Crippen LogP contribution in [-0.4, -0.2) is 63.6 Å². The average Bonchev–Trinajstić information content (AvgIpc) is 2.28. The predicted octanol–water partition coefficient (Wildman–Crippen LogP) is -2.69. The number of nitrogens with one attached hydrogen (secondary N) is 1. The molecule has 5 N–H and O–H groups in total. The Hall–Kier alpha value is -0.730. The fourth-order valence-electron chi connectivity index (χ4n) is 1.54. The van der Waals surface area contributed by atoms with E-state index in [9.17, 15) is 20.1 Å². The van der Waals surface area contributed by atoms with Gasteiger partial charge in [-0.25, -0.2) is 0 Å². The second-order valence-electron chi connectivity index (χ2n) is 3.68. The number of carbonyl (C=O) groups is 1. The Morgan fingerprint density at radius 3 is 2.44 bits per heavy atom. The topological polar surface area (TPSA) is 119 Å². The van der Waals surface area contributed by atoms with E-state index in [0.29, 0.717) is 0 Å². The molecule has 0 aromatic heterocycles. The quantitative estimate of drug-likeness (QED) is 0.363. The molecule has 0 aromatic rings. The Bertz CT molecular complexity index is 248. The highest BCUT2D eigenvalue weighted by Crippen LogP contribution is 2.19. The lowest BCUT2D eigenvalue weighted by atomic mass is 9.97. The van der Waals surface area contributed by atoms with Crippen molar-refractivity contribution in [3.8, 4) is 0 Å². The molecule has 1 fully saturated rings. The molecule has 1 heterocycles. The monoisotopic (exact) mass is 235 g/mol. The molecule has 16 heavy (non-hydrogen) atoms. The van der Waals surface area contributed by atoms with Crippen molar-refractivity contribution in [2.24, 2.45) is 0 Å². The van der Waals surface area contributed by atoms with E-state index in [1.807, 2.05) is 0 Å². The fourth-order valence-corrected chi connectivity index (χ4v) is 1.54. The molecular formula is C9H17NO6. The number of aliphatic hydroxyl groups is 4. The summed E-state index contributed by atoms with van der Waals surface area (Å²) in [6, 6.07) is -1.09. The SMILES string of the molecule is CCC(=O)N[C@@H]1C(O)O[C@@H](CO)[C@@H](O)[C@H]1O. The third-order valence-electron chi connectivity index (χ3n) is 2.55. The molecule has 7 heteroatoms. The third-order valence-corrected chi connectivity index (χ3v) is 2.55. The number of rotatable bonds is 3. The zero-order valence-electron chi connectivity index (χ0n) is 8.91. The van der Waals surface area contributed by atoms with E-state index in [-0.39, 0.29) is 12.3 Å². The fraction of sp³-hybridized carbons (Fsp3) is 0.889. The number of amides is 1. The minimum absolute atomic E-state index is 0.190. The van der Waals surface area contributed by atoms with Gasteiger partial charge >= 0.3 is 0 Å². The smallest absolute Gasteiger partial charge is 0.220 e. The largest absolute Gasteiger partial charge is 0.394 e. The van der Waals surface area contributed by atoms with E-state index in [1.165, 1.54) is 0 Å². The highest BCUT2D eigenvalue weighted by molar-refractivity contribution is 5.76. The molecule has 0 spiro atoms. The number of aliphatic hydroxyl groups excluding tert-OH is 4. The highest BCUT2D eigenvalue weighted by atomic mass is 16.6. The second-order valence-corrected chi connectivity index (χ2v) is 3.68. The summed E-state index contributed by atoms with van der Waals surface area (Å²) in [5.74, 6) is -0.374. The molecule has 0 radical (unpaired) electrons. The Morgan fingerprint density at radius 2 is 1.94 bits per heavy atom. The van der Waals surface area contributed by atoms with Crippen LogP contribution in [0.3, 0.4) is 0 Å². The lowest BCUT2D eigenvalue weighted by molar-refractivity contribution is -0.253. The first-order chi connectivity index (χ1) is 7.51. The first kappa shape index (κ1) is 13.3. The zero-order chi connectivity index (χ0) is 12.3.